The smallest absolute Gasteiger partial charge is 0.258 e. The summed E-state index contributed by atoms with van der Waals surface area (Å²) in [5, 5.41) is 3.90. The highest BCUT2D eigenvalue weighted by molar-refractivity contribution is 6.31. The highest BCUT2D eigenvalue weighted by atomic mass is 35.5. The first-order valence-corrected chi connectivity index (χ1v) is 9.95. The van der Waals surface area contributed by atoms with Crippen LogP contribution in [0.4, 0.5) is 0 Å². The van der Waals surface area contributed by atoms with Gasteiger partial charge in [0.05, 0.1) is 24.0 Å². The standard InChI is InChI=1S/C21H21ClN4O4/c1-2-26(10-19-24-16-8-14(22)4-5-15(16)21(28)25-19)11-20(27)23-9-13-3-6-17-18(7-13)30-12-29-17/h3-8H,2,9-12H2,1H3,(H,23,27)(H,24,25,28). The molecule has 0 fully saturated rings. The minimum Gasteiger partial charge on any atom is -0.454 e. The summed E-state index contributed by atoms with van der Waals surface area (Å²) in [7, 11) is 0. The van der Waals surface area contributed by atoms with E-state index >= 15 is 0 Å². The molecule has 1 aliphatic heterocycles. The Morgan fingerprint density at radius 2 is 2.07 bits per heavy atom. The number of halogens is 1. The molecule has 0 radical (unpaired) electrons. The van der Waals surface area contributed by atoms with Crippen LogP contribution in [0.2, 0.25) is 5.02 Å². The summed E-state index contributed by atoms with van der Waals surface area (Å²) in [4.78, 5) is 33.9. The predicted octanol–water partition coefficient (Wildman–Crippen LogP) is 2.44. The fraction of sp³-hybridized carbons (Fsp3) is 0.286. The number of fused-ring (bicyclic) bond motifs is 2. The number of nitrogens with one attached hydrogen (secondary N) is 2. The quantitative estimate of drug-likeness (QED) is 0.600. The minimum absolute atomic E-state index is 0.124. The number of carbonyl (C=O) groups excluding carboxylic acids is 1. The topological polar surface area (TPSA) is 96.6 Å². The van der Waals surface area contributed by atoms with Gasteiger partial charge in [-0.1, -0.05) is 24.6 Å². The van der Waals surface area contributed by atoms with Crippen molar-refractivity contribution >= 4 is 28.4 Å². The van der Waals surface area contributed by atoms with E-state index in [2.05, 4.69) is 15.3 Å². The second-order valence-electron chi connectivity index (χ2n) is 6.94. The average molecular weight is 429 g/mol. The number of aromatic amines is 1. The van der Waals surface area contributed by atoms with Crippen molar-refractivity contribution in [2.24, 2.45) is 0 Å². The van der Waals surface area contributed by atoms with Crippen molar-refractivity contribution in [1.29, 1.82) is 0 Å². The highest BCUT2D eigenvalue weighted by Crippen LogP contribution is 2.32. The summed E-state index contributed by atoms with van der Waals surface area (Å²) < 4.78 is 10.6. The Morgan fingerprint density at radius 1 is 1.23 bits per heavy atom. The Hall–Kier alpha value is -3.10. The zero-order chi connectivity index (χ0) is 21.1. The first-order valence-electron chi connectivity index (χ1n) is 9.58. The molecule has 1 aliphatic rings. The Labute approximate surface area is 177 Å². The molecular formula is C21H21ClN4O4. The van der Waals surface area contributed by atoms with Crippen molar-refractivity contribution in [3.63, 3.8) is 0 Å². The van der Waals surface area contributed by atoms with E-state index in [1.807, 2.05) is 30.0 Å². The van der Waals surface area contributed by atoms with Gasteiger partial charge in [-0.2, -0.15) is 0 Å². The number of amides is 1. The Bertz CT molecular complexity index is 1150. The Kier molecular flexibility index (Phi) is 5.87. The molecule has 0 bridgehead atoms. The summed E-state index contributed by atoms with van der Waals surface area (Å²) in [6.45, 7) is 3.68. The van der Waals surface area contributed by atoms with Gasteiger partial charge in [-0.3, -0.25) is 14.5 Å². The minimum atomic E-state index is -0.227. The van der Waals surface area contributed by atoms with E-state index in [1.165, 1.54) is 0 Å². The van der Waals surface area contributed by atoms with E-state index in [0.29, 0.717) is 52.9 Å². The van der Waals surface area contributed by atoms with Gasteiger partial charge in [0, 0.05) is 11.6 Å². The van der Waals surface area contributed by atoms with E-state index in [4.69, 9.17) is 21.1 Å². The molecule has 0 saturated heterocycles. The zero-order valence-corrected chi connectivity index (χ0v) is 17.2. The van der Waals surface area contributed by atoms with Gasteiger partial charge in [-0.25, -0.2) is 4.98 Å². The van der Waals surface area contributed by atoms with E-state index < -0.39 is 0 Å². The van der Waals surface area contributed by atoms with Crippen molar-refractivity contribution in [3.05, 3.63) is 63.2 Å². The van der Waals surface area contributed by atoms with Gasteiger partial charge in [0.2, 0.25) is 12.7 Å². The molecule has 4 rings (SSSR count). The van der Waals surface area contributed by atoms with Crippen LogP contribution >= 0.6 is 11.6 Å². The van der Waals surface area contributed by atoms with Gasteiger partial charge in [-0.15, -0.1) is 0 Å². The van der Waals surface area contributed by atoms with Gasteiger partial charge in [0.25, 0.3) is 5.56 Å². The molecule has 9 heteroatoms. The van der Waals surface area contributed by atoms with Crippen LogP contribution < -0.4 is 20.3 Å². The lowest BCUT2D eigenvalue weighted by molar-refractivity contribution is -0.122. The molecular weight excluding hydrogens is 408 g/mol. The SMILES string of the molecule is CCN(CC(=O)NCc1ccc2c(c1)OCO2)Cc1nc2cc(Cl)ccc2c(=O)[nH]1. The van der Waals surface area contributed by atoms with Crippen LogP contribution in [0.1, 0.15) is 18.3 Å². The summed E-state index contributed by atoms with van der Waals surface area (Å²) in [5.41, 5.74) is 1.23. The Balaban J connectivity index is 1.37. The highest BCUT2D eigenvalue weighted by Gasteiger charge is 2.15. The van der Waals surface area contributed by atoms with Gasteiger partial charge >= 0.3 is 0 Å². The van der Waals surface area contributed by atoms with Gasteiger partial charge < -0.3 is 19.8 Å². The largest absolute Gasteiger partial charge is 0.454 e. The molecule has 0 spiro atoms. The van der Waals surface area contributed by atoms with Crippen molar-refractivity contribution in [2.45, 2.75) is 20.0 Å². The first kappa shape index (κ1) is 20.2. The number of hydrogen-bond acceptors (Lipinski definition) is 6. The van der Waals surface area contributed by atoms with Crippen molar-refractivity contribution in [3.8, 4) is 11.5 Å². The van der Waals surface area contributed by atoms with E-state index in [-0.39, 0.29) is 24.8 Å². The monoisotopic (exact) mass is 428 g/mol. The molecule has 1 amide bonds. The van der Waals surface area contributed by atoms with Gasteiger partial charge in [0.15, 0.2) is 11.5 Å². The maximum atomic E-state index is 12.4. The second kappa shape index (κ2) is 8.73. The van der Waals surface area contributed by atoms with Crippen molar-refractivity contribution in [1.82, 2.24) is 20.2 Å². The molecule has 0 atom stereocenters. The van der Waals surface area contributed by atoms with E-state index in [0.717, 1.165) is 5.56 Å². The number of ether oxygens (including phenoxy) is 2. The van der Waals surface area contributed by atoms with Crippen LogP contribution in [-0.2, 0) is 17.9 Å². The van der Waals surface area contributed by atoms with E-state index in [1.54, 1.807) is 18.2 Å². The maximum Gasteiger partial charge on any atom is 0.258 e. The number of carbonyl (C=O) groups is 1. The third kappa shape index (κ3) is 4.55. The van der Waals surface area contributed by atoms with Crippen LogP contribution in [0.15, 0.2) is 41.2 Å². The first-order chi connectivity index (χ1) is 14.5. The number of aromatic nitrogens is 2. The fourth-order valence-corrected chi connectivity index (χ4v) is 3.40. The lowest BCUT2D eigenvalue weighted by atomic mass is 10.2. The van der Waals surface area contributed by atoms with Crippen LogP contribution in [0, 0.1) is 0 Å². The summed E-state index contributed by atoms with van der Waals surface area (Å²) in [5.74, 6) is 1.75. The molecule has 156 valence electrons. The molecule has 0 saturated carbocycles. The molecule has 0 aliphatic carbocycles. The van der Waals surface area contributed by atoms with Gasteiger partial charge in [0.1, 0.15) is 5.82 Å². The Morgan fingerprint density at radius 3 is 2.90 bits per heavy atom. The third-order valence-electron chi connectivity index (χ3n) is 4.83. The molecule has 3 aromatic rings. The molecule has 2 aromatic carbocycles. The summed E-state index contributed by atoms with van der Waals surface area (Å²) >= 11 is 6.01. The normalized spacial score (nSPS) is 12.5. The zero-order valence-electron chi connectivity index (χ0n) is 16.4. The lowest BCUT2D eigenvalue weighted by Gasteiger charge is -2.19. The second-order valence-corrected chi connectivity index (χ2v) is 7.38. The third-order valence-corrected chi connectivity index (χ3v) is 5.07. The molecule has 1 aromatic heterocycles. The number of hydrogen-bond donors (Lipinski definition) is 2. The average Bonchev–Trinajstić information content (AvgIpc) is 3.19. The van der Waals surface area contributed by atoms with Crippen LogP contribution in [0.5, 0.6) is 11.5 Å². The summed E-state index contributed by atoms with van der Waals surface area (Å²) in [6.07, 6.45) is 0. The number of rotatable bonds is 7. The molecule has 30 heavy (non-hydrogen) atoms. The van der Waals surface area contributed by atoms with Crippen molar-refractivity contribution in [2.75, 3.05) is 19.9 Å². The van der Waals surface area contributed by atoms with Gasteiger partial charge in [-0.05, 0) is 42.4 Å². The lowest BCUT2D eigenvalue weighted by Crippen LogP contribution is -2.37. The van der Waals surface area contributed by atoms with Crippen molar-refractivity contribution < 1.29 is 14.3 Å². The molecule has 2 N–H and O–H groups in total. The molecule has 2 heterocycles. The maximum absolute atomic E-state index is 12.4. The number of likely N-dealkylation sites (N-methyl/N-ethyl adjacent to an activating group) is 1. The number of nitrogens with zero attached hydrogens (tertiary/aromatic N) is 2. The van der Waals surface area contributed by atoms with Crippen LogP contribution in [0.3, 0.4) is 0 Å². The van der Waals surface area contributed by atoms with E-state index in [9.17, 15) is 9.59 Å². The fourth-order valence-electron chi connectivity index (χ4n) is 3.24. The summed E-state index contributed by atoms with van der Waals surface area (Å²) in [6, 6.07) is 10.5. The van der Waals surface area contributed by atoms with Crippen LogP contribution in [0.25, 0.3) is 10.9 Å². The number of benzene rings is 2. The molecule has 8 nitrogen and oxygen atoms in total. The molecule has 0 unspecified atom stereocenters. The number of H-pyrrole nitrogens is 1. The van der Waals surface area contributed by atoms with Crippen LogP contribution in [-0.4, -0.2) is 40.7 Å². The predicted molar refractivity (Wildman–Crippen MR) is 113 cm³/mol.